The zero-order valence-corrected chi connectivity index (χ0v) is 16.7. The van der Waals surface area contributed by atoms with Crippen LogP contribution in [-0.2, 0) is 19.6 Å². The Kier molecular flexibility index (Phi) is 6.38. The number of nitrogens with zero attached hydrogens (tertiary/aromatic N) is 2. The molecular weight excluding hydrogens is 408 g/mol. The Bertz CT molecular complexity index is 1120. The summed E-state index contributed by atoms with van der Waals surface area (Å²) in [7, 11) is -3.82. The van der Waals surface area contributed by atoms with Crippen LogP contribution in [0.25, 0.3) is 0 Å². The van der Waals surface area contributed by atoms with Crippen LogP contribution in [0.5, 0.6) is 0 Å². The highest BCUT2D eigenvalue weighted by Crippen LogP contribution is 2.17. The number of nitrogens with one attached hydrogen (secondary N) is 2. The highest BCUT2D eigenvalue weighted by Gasteiger charge is 2.20. The minimum atomic E-state index is -3.82. The average Bonchev–Trinajstić information content (AvgIpc) is 2.75. The molecular formula is C20H18N4O5S. The minimum absolute atomic E-state index is 0.00204. The van der Waals surface area contributed by atoms with Crippen LogP contribution in [0.15, 0.2) is 78.1 Å². The number of amides is 1. The van der Waals surface area contributed by atoms with E-state index in [0.29, 0.717) is 5.69 Å². The van der Waals surface area contributed by atoms with Gasteiger partial charge in [0.15, 0.2) is 6.10 Å². The van der Waals surface area contributed by atoms with Crippen molar-refractivity contribution in [3.63, 3.8) is 0 Å². The Hall–Kier alpha value is -3.79. The number of sulfonamides is 1. The highest BCUT2D eigenvalue weighted by molar-refractivity contribution is 7.92. The van der Waals surface area contributed by atoms with E-state index in [1.807, 2.05) is 0 Å². The molecule has 1 atom stereocenters. The fourth-order valence-electron chi connectivity index (χ4n) is 2.35. The number of hydrogen-bond donors (Lipinski definition) is 2. The molecule has 2 N–H and O–H groups in total. The van der Waals surface area contributed by atoms with E-state index in [1.165, 1.54) is 61.9 Å². The van der Waals surface area contributed by atoms with Crippen LogP contribution in [0.4, 0.5) is 11.5 Å². The van der Waals surface area contributed by atoms with Crippen molar-refractivity contribution < 1.29 is 22.7 Å². The van der Waals surface area contributed by atoms with E-state index in [4.69, 9.17) is 4.74 Å². The Morgan fingerprint density at radius 3 is 2.40 bits per heavy atom. The number of ether oxygens (including phenoxy) is 1. The lowest BCUT2D eigenvalue weighted by molar-refractivity contribution is -0.123. The molecule has 10 heteroatoms. The first-order valence-corrected chi connectivity index (χ1v) is 10.3. The van der Waals surface area contributed by atoms with Crippen molar-refractivity contribution in [1.29, 1.82) is 0 Å². The molecule has 0 aliphatic carbocycles. The second kappa shape index (κ2) is 9.14. The normalized spacial score (nSPS) is 11.9. The standard InChI is InChI=1S/C20H18N4O5S/c1-14(29-20(26)15-5-4-11-21-13-15)19(25)23-16-7-9-17(10-8-16)30(27,28)24-18-6-2-3-12-22-18/h2-14H,1H3,(H,22,24)(H,23,25). The van der Waals surface area contributed by atoms with Gasteiger partial charge in [0, 0.05) is 24.3 Å². The van der Waals surface area contributed by atoms with Gasteiger partial charge in [-0.1, -0.05) is 6.07 Å². The summed E-state index contributed by atoms with van der Waals surface area (Å²) < 4.78 is 32.3. The van der Waals surface area contributed by atoms with E-state index in [9.17, 15) is 18.0 Å². The number of hydrogen-bond acceptors (Lipinski definition) is 7. The van der Waals surface area contributed by atoms with E-state index in [2.05, 4.69) is 20.0 Å². The first-order chi connectivity index (χ1) is 14.3. The van der Waals surface area contributed by atoms with Crippen molar-refractivity contribution in [2.24, 2.45) is 0 Å². The average molecular weight is 426 g/mol. The van der Waals surface area contributed by atoms with E-state index in [1.54, 1.807) is 18.2 Å². The lowest BCUT2D eigenvalue weighted by atomic mass is 10.2. The summed E-state index contributed by atoms with van der Waals surface area (Å²) in [6, 6.07) is 13.5. The summed E-state index contributed by atoms with van der Waals surface area (Å²) in [6.45, 7) is 1.43. The van der Waals surface area contributed by atoms with Crippen molar-refractivity contribution in [1.82, 2.24) is 9.97 Å². The van der Waals surface area contributed by atoms with Gasteiger partial charge in [0.25, 0.3) is 15.9 Å². The fourth-order valence-corrected chi connectivity index (χ4v) is 3.35. The van der Waals surface area contributed by atoms with Gasteiger partial charge in [-0.25, -0.2) is 18.2 Å². The van der Waals surface area contributed by atoms with E-state index >= 15 is 0 Å². The third kappa shape index (κ3) is 5.39. The summed E-state index contributed by atoms with van der Waals surface area (Å²) in [5.74, 6) is -1.04. The molecule has 3 aromatic rings. The first kappa shape index (κ1) is 20.9. The predicted molar refractivity (Wildman–Crippen MR) is 109 cm³/mol. The molecule has 0 aliphatic heterocycles. The number of benzene rings is 1. The molecule has 1 aromatic carbocycles. The third-order valence-electron chi connectivity index (χ3n) is 3.89. The van der Waals surface area contributed by atoms with Gasteiger partial charge in [0.05, 0.1) is 10.5 Å². The van der Waals surface area contributed by atoms with Gasteiger partial charge in [0.2, 0.25) is 0 Å². The van der Waals surface area contributed by atoms with E-state index in [-0.39, 0.29) is 16.3 Å². The molecule has 0 aliphatic rings. The van der Waals surface area contributed by atoms with Gasteiger partial charge in [-0.05, 0) is 55.5 Å². The fraction of sp³-hybridized carbons (Fsp3) is 0.100. The highest BCUT2D eigenvalue weighted by atomic mass is 32.2. The summed E-state index contributed by atoms with van der Waals surface area (Å²) >= 11 is 0. The van der Waals surface area contributed by atoms with Gasteiger partial charge in [-0.15, -0.1) is 0 Å². The van der Waals surface area contributed by atoms with Crippen molar-refractivity contribution in [2.45, 2.75) is 17.9 Å². The Balaban J connectivity index is 1.60. The molecule has 0 saturated heterocycles. The van der Waals surface area contributed by atoms with Gasteiger partial charge in [0.1, 0.15) is 5.82 Å². The number of carbonyl (C=O) groups excluding carboxylic acids is 2. The molecule has 2 aromatic heterocycles. The number of aromatic nitrogens is 2. The number of anilines is 2. The smallest absolute Gasteiger partial charge is 0.340 e. The van der Waals surface area contributed by atoms with Crippen LogP contribution in [0.2, 0.25) is 0 Å². The molecule has 0 radical (unpaired) electrons. The monoisotopic (exact) mass is 426 g/mol. The Labute approximate surface area is 173 Å². The summed E-state index contributed by atoms with van der Waals surface area (Å²) in [5.41, 5.74) is 0.577. The number of rotatable bonds is 7. The van der Waals surface area contributed by atoms with Crippen molar-refractivity contribution >= 4 is 33.4 Å². The van der Waals surface area contributed by atoms with Crippen LogP contribution in [0, 0.1) is 0 Å². The molecule has 1 amide bonds. The number of esters is 1. The summed E-state index contributed by atoms with van der Waals surface area (Å²) in [5, 5.41) is 2.57. The van der Waals surface area contributed by atoms with Crippen LogP contribution < -0.4 is 10.0 Å². The Morgan fingerprint density at radius 2 is 1.77 bits per heavy atom. The maximum atomic E-state index is 12.4. The molecule has 1 unspecified atom stereocenters. The predicted octanol–water partition coefficient (Wildman–Crippen LogP) is 2.46. The second-order valence-corrected chi connectivity index (χ2v) is 7.81. The molecule has 2 heterocycles. The third-order valence-corrected chi connectivity index (χ3v) is 5.26. The number of carbonyl (C=O) groups is 2. The molecule has 0 saturated carbocycles. The van der Waals surface area contributed by atoms with Crippen LogP contribution in [-0.4, -0.2) is 36.4 Å². The molecule has 0 bridgehead atoms. The quantitative estimate of drug-likeness (QED) is 0.556. The largest absolute Gasteiger partial charge is 0.449 e. The molecule has 0 spiro atoms. The van der Waals surface area contributed by atoms with E-state index in [0.717, 1.165) is 0 Å². The zero-order chi connectivity index (χ0) is 21.6. The van der Waals surface area contributed by atoms with Crippen LogP contribution in [0.3, 0.4) is 0 Å². The van der Waals surface area contributed by atoms with Gasteiger partial charge < -0.3 is 10.1 Å². The lowest BCUT2D eigenvalue weighted by Crippen LogP contribution is -2.30. The van der Waals surface area contributed by atoms with Crippen molar-refractivity contribution in [3.05, 3.63) is 78.8 Å². The molecule has 9 nitrogen and oxygen atoms in total. The molecule has 30 heavy (non-hydrogen) atoms. The van der Waals surface area contributed by atoms with E-state index < -0.39 is 28.0 Å². The maximum Gasteiger partial charge on any atom is 0.340 e. The zero-order valence-electron chi connectivity index (χ0n) is 15.8. The van der Waals surface area contributed by atoms with Gasteiger partial charge in [-0.2, -0.15) is 0 Å². The first-order valence-electron chi connectivity index (χ1n) is 8.81. The molecule has 154 valence electrons. The molecule has 3 rings (SSSR count). The lowest BCUT2D eigenvalue weighted by Gasteiger charge is -2.14. The topological polar surface area (TPSA) is 127 Å². The SMILES string of the molecule is CC(OC(=O)c1cccnc1)C(=O)Nc1ccc(S(=O)(=O)Nc2ccccn2)cc1. The number of pyridine rings is 2. The van der Waals surface area contributed by atoms with Crippen molar-refractivity contribution in [2.75, 3.05) is 10.0 Å². The molecule has 0 fully saturated rings. The minimum Gasteiger partial charge on any atom is -0.449 e. The van der Waals surface area contributed by atoms with Gasteiger partial charge >= 0.3 is 5.97 Å². The second-order valence-electron chi connectivity index (χ2n) is 6.12. The Morgan fingerprint density at radius 1 is 1.00 bits per heavy atom. The van der Waals surface area contributed by atoms with Crippen LogP contribution in [0.1, 0.15) is 17.3 Å². The van der Waals surface area contributed by atoms with Crippen LogP contribution >= 0.6 is 0 Å². The summed E-state index contributed by atoms with van der Waals surface area (Å²) in [6.07, 6.45) is 3.26. The summed E-state index contributed by atoms with van der Waals surface area (Å²) in [4.78, 5) is 32.0. The van der Waals surface area contributed by atoms with Crippen molar-refractivity contribution in [3.8, 4) is 0 Å². The van der Waals surface area contributed by atoms with Gasteiger partial charge in [-0.3, -0.25) is 14.5 Å². The maximum absolute atomic E-state index is 12.4.